The Morgan fingerprint density at radius 1 is 1.15 bits per heavy atom. The highest BCUT2D eigenvalue weighted by Gasteiger charge is 2.20. The van der Waals surface area contributed by atoms with Crippen LogP contribution in [0, 0.1) is 5.82 Å². The molecule has 0 N–H and O–H groups in total. The second-order valence-electron chi connectivity index (χ2n) is 5.95. The van der Waals surface area contributed by atoms with Crippen molar-refractivity contribution in [3.05, 3.63) is 71.0 Å². The van der Waals surface area contributed by atoms with Gasteiger partial charge in [0.2, 0.25) is 0 Å². The summed E-state index contributed by atoms with van der Waals surface area (Å²) in [4.78, 5) is 17.2. The maximum Gasteiger partial charge on any atom is 0.335 e. The molecular formula is C21H24FNO4. The lowest BCUT2D eigenvalue weighted by Gasteiger charge is -2.15. The van der Waals surface area contributed by atoms with E-state index < -0.39 is 12.1 Å². The number of methoxy groups -OCH3 is 1. The topological polar surface area (TPSA) is 57.1 Å². The predicted molar refractivity (Wildman–Crippen MR) is 101 cm³/mol. The van der Waals surface area contributed by atoms with Crippen molar-refractivity contribution in [1.29, 1.82) is 0 Å². The summed E-state index contributed by atoms with van der Waals surface area (Å²) in [5, 5.41) is 4.12. The standard InChI is InChI=1S/C21H24FNO4/c1-4-26-20(21(24)25-3)13-17-6-5-7-18(12-17)15(2)23-27-14-16-8-10-19(22)11-9-16/h5-12,20H,4,13-14H2,1-3H3/b23-15+/t20-/m0/s1. The van der Waals surface area contributed by atoms with Crippen LogP contribution in [0.4, 0.5) is 4.39 Å². The minimum atomic E-state index is -0.637. The number of ether oxygens (including phenoxy) is 2. The van der Waals surface area contributed by atoms with Gasteiger partial charge in [0.15, 0.2) is 6.10 Å². The number of carbonyl (C=O) groups is 1. The van der Waals surface area contributed by atoms with Gasteiger partial charge in [0, 0.05) is 13.0 Å². The SMILES string of the molecule is CCO[C@@H](Cc1cccc(/C(C)=N/OCc2ccc(F)cc2)c1)C(=O)OC. The zero-order valence-corrected chi connectivity index (χ0v) is 15.8. The van der Waals surface area contributed by atoms with Crippen LogP contribution in [0.1, 0.15) is 30.5 Å². The molecule has 6 heteroatoms. The number of benzene rings is 2. The summed E-state index contributed by atoms with van der Waals surface area (Å²) in [6.07, 6.45) is -0.222. The van der Waals surface area contributed by atoms with Gasteiger partial charge < -0.3 is 14.3 Å². The molecule has 0 bridgehead atoms. The van der Waals surface area contributed by atoms with E-state index in [0.717, 1.165) is 16.7 Å². The molecule has 0 saturated heterocycles. The van der Waals surface area contributed by atoms with Crippen LogP contribution in [0.25, 0.3) is 0 Å². The van der Waals surface area contributed by atoms with Crippen LogP contribution in [0.5, 0.6) is 0 Å². The third kappa shape index (κ3) is 6.49. The molecule has 0 heterocycles. The van der Waals surface area contributed by atoms with Crippen LogP contribution < -0.4 is 0 Å². The van der Waals surface area contributed by atoms with Crippen LogP contribution in [-0.4, -0.2) is 31.5 Å². The summed E-state index contributed by atoms with van der Waals surface area (Å²) in [6, 6.07) is 13.7. The lowest BCUT2D eigenvalue weighted by Crippen LogP contribution is -2.28. The van der Waals surface area contributed by atoms with E-state index in [4.69, 9.17) is 14.3 Å². The Bertz CT molecular complexity index is 774. The molecule has 27 heavy (non-hydrogen) atoms. The fourth-order valence-corrected chi connectivity index (χ4v) is 2.52. The van der Waals surface area contributed by atoms with Crippen LogP contribution in [0.2, 0.25) is 0 Å². The first kappa shape index (κ1) is 20.6. The lowest BCUT2D eigenvalue weighted by atomic mass is 10.0. The third-order valence-corrected chi connectivity index (χ3v) is 3.94. The van der Waals surface area contributed by atoms with Gasteiger partial charge in [0.25, 0.3) is 0 Å². The first-order valence-electron chi connectivity index (χ1n) is 8.73. The molecule has 1 atom stereocenters. The van der Waals surface area contributed by atoms with Crippen molar-refractivity contribution in [2.75, 3.05) is 13.7 Å². The monoisotopic (exact) mass is 373 g/mol. The molecule has 2 aromatic rings. The van der Waals surface area contributed by atoms with Gasteiger partial charge >= 0.3 is 5.97 Å². The molecule has 0 fully saturated rings. The van der Waals surface area contributed by atoms with Gasteiger partial charge in [0.1, 0.15) is 12.4 Å². The molecule has 0 spiro atoms. The molecule has 5 nitrogen and oxygen atoms in total. The summed E-state index contributed by atoms with van der Waals surface area (Å²) in [5.74, 6) is -0.678. The smallest absolute Gasteiger partial charge is 0.335 e. The normalized spacial score (nSPS) is 12.5. The van der Waals surface area contributed by atoms with Crippen LogP contribution in [-0.2, 0) is 32.1 Å². The minimum Gasteiger partial charge on any atom is -0.467 e. The number of oxime groups is 1. The summed E-state index contributed by atoms with van der Waals surface area (Å²) >= 11 is 0. The number of carbonyl (C=O) groups excluding carboxylic acids is 1. The third-order valence-electron chi connectivity index (χ3n) is 3.94. The average molecular weight is 373 g/mol. The van der Waals surface area contributed by atoms with E-state index >= 15 is 0 Å². The second kappa shape index (κ2) is 10.4. The maximum absolute atomic E-state index is 12.9. The minimum absolute atomic E-state index is 0.256. The molecule has 0 saturated carbocycles. The molecule has 144 valence electrons. The average Bonchev–Trinajstić information content (AvgIpc) is 2.68. The summed E-state index contributed by atoms with van der Waals surface area (Å²) in [6.45, 7) is 4.36. The van der Waals surface area contributed by atoms with Gasteiger partial charge in [-0.15, -0.1) is 0 Å². The summed E-state index contributed by atoms with van der Waals surface area (Å²) < 4.78 is 23.2. The lowest BCUT2D eigenvalue weighted by molar-refractivity contribution is -0.153. The molecule has 2 aromatic carbocycles. The Morgan fingerprint density at radius 2 is 1.89 bits per heavy atom. The van der Waals surface area contributed by atoms with E-state index in [-0.39, 0.29) is 12.4 Å². The van der Waals surface area contributed by atoms with E-state index in [2.05, 4.69) is 5.16 Å². The highest BCUT2D eigenvalue weighted by atomic mass is 19.1. The number of hydrogen-bond acceptors (Lipinski definition) is 5. The van der Waals surface area contributed by atoms with Crippen molar-refractivity contribution in [3.8, 4) is 0 Å². The number of hydrogen-bond donors (Lipinski definition) is 0. The molecule has 0 radical (unpaired) electrons. The molecule has 0 amide bonds. The number of esters is 1. The highest BCUT2D eigenvalue weighted by Crippen LogP contribution is 2.12. The predicted octanol–water partition coefficient (Wildman–Crippen LogP) is 3.89. The van der Waals surface area contributed by atoms with Crippen molar-refractivity contribution in [1.82, 2.24) is 0 Å². The summed E-state index contributed by atoms with van der Waals surface area (Å²) in [7, 11) is 1.35. The van der Waals surface area contributed by atoms with E-state index in [1.165, 1.54) is 19.2 Å². The van der Waals surface area contributed by atoms with Crippen molar-refractivity contribution in [2.24, 2.45) is 5.16 Å². The molecule has 2 rings (SSSR count). The van der Waals surface area contributed by atoms with Crippen molar-refractivity contribution in [2.45, 2.75) is 33.0 Å². The quantitative estimate of drug-likeness (QED) is 0.380. The zero-order chi connectivity index (χ0) is 19.6. The fraction of sp³-hybridized carbons (Fsp3) is 0.333. The fourth-order valence-electron chi connectivity index (χ4n) is 2.52. The molecule has 0 aliphatic heterocycles. The Labute approximate surface area is 158 Å². The number of nitrogens with zero attached hydrogens (tertiary/aromatic N) is 1. The van der Waals surface area contributed by atoms with Crippen molar-refractivity contribution < 1.29 is 23.5 Å². The van der Waals surface area contributed by atoms with Crippen molar-refractivity contribution in [3.63, 3.8) is 0 Å². The van der Waals surface area contributed by atoms with Crippen LogP contribution >= 0.6 is 0 Å². The number of rotatable bonds is 9. The number of halogens is 1. The summed E-state index contributed by atoms with van der Waals surface area (Å²) in [5.41, 5.74) is 3.35. The Hall–Kier alpha value is -2.73. The molecule has 0 unspecified atom stereocenters. The molecule has 0 aliphatic rings. The second-order valence-corrected chi connectivity index (χ2v) is 5.95. The van der Waals surface area contributed by atoms with Gasteiger partial charge in [-0.1, -0.05) is 35.5 Å². The van der Waals surface area contributed by atoms with Crippen LogP contribution in [0.3, 0.4) is 0 Å². The van der Waals surface area contributed by atoms with Gasteiger partial charge in [0.05, 0.1) is 12.8 Å². The van der Waals surface area contributed by atoms with Gasteiger partial charge in [-0.2, -0.15) is 0 Å². The van der Waals surface area contributed by atoms with E-state index in [0.29, 0.717) is 18.7 Å². The molecule has 0 aliphatic carbocycles. The Kier molecular flexibility index (Phi) is 7.95. The zero-order valence-electron chi connectivity index (χ0n) is 15.8. The van der Waals surface area contributed by atoms with Gasteiger partial charge in [-0.05, 0) is 48.7 Å². The van der Waals surface area contributed by atoms with Crippen LogP contribution in [0.15, 0.2) is 53.7 Å². The van der Waals surface area contributed by atoms with Gasteiger partial charge in [-0.25, -0.2) is 9.18 Å². The first-order chi connectivity index (χ1) is 13.0. The van der Waals surface area contributed by atoms with E-state index in [9.17, 15) is 9.18 Å². The molecular weight excluding hydrogens is 349 g/mol. The largest absolute Gasteiger partial charge is 0.467 e. The Balaban J connectivity index is 2.01. The highest BCUT2D eigenvalue weighted by molar-refractivity contribution is 5.98. The first-order valence-corrected chi connectivity index (χ1v) is 8.73. The van der Waals surface area contributed by atoms with E-state index in [1.807, 2.05) is 38.1 Å². The van der Waals surface area contributed by atoms with E-state index in [1.54, 1.807) is 12.1 Å². The maximum atomic E-state index is 12.9. The van der Waals surface area contributed by atoms with Gasteiger partial charge in [-0.3, -0.25) is 0 Å². The van der Waals surface area contributed by atoms with Crippen molar-refractivity contribution >= 4 is 11.7 Å². The molecule has 0 aromatic heterocycles. The Morgan fingerprint density at radius 3 is 2.56 bits per heavy atom.